The van der Waals surface area contributed by atoms with E-state index >= 15 is 0 Å². The standard InChI is InChI=1S/C23H22ClN3O5/c1-27-13-16(24)23(26-27)18(28)10-8-15-9-11-20(21(12-15)31-3)32-14-22(29)25-17-6-4-5-7-19(17)30-2/h4-13H,14H2,1-3H3,(H,25,29)/b10-8+. The number of allylic oxidation sites excluding steroid dienone is 1. The van der Waals surface area contributed by atoms with Crippen LogP contribution in [0.1, 0.15) is 16.1 Å². The minimum Gasteiger partial charge on any atom is -0.495 e. The Morgan fingerprint density at radius 2 is 1.84 bits per heavy atom. The maximum Gasteiger partial charge on any atom is 0.262 e. The van der Waals surface area contributed by atoms with Gasteiger partial charge in [-0.2, -0.15) is 5.10 Å². The van der Waals surface area contributed by atoms with E-state index in [1.54, 1.807) is 55.7 Å². The van der Waals surface area contributed by atoms with Gasteiger partial charge in [0.25, 0.3) is 5.91 Å². The van der Waals surface area contributed by atoms with E-state index in [-0.39, 0.29) is 29.0 Å². The van der Waals surface area contributed by atoms with Gasteiger partial charge < -0.3 is 19.5 Å². The summed E-state index contributed by atoms with van der Waals surface area (Å²) in [5.41, 5.74) is 1.43. The molecular weight excluding hydrogens is 434 g/mol. The molecule has 2 aromatic carbocycles. The van der Waals surface area contributed by atoms with Crippen molar-refractivity contribution in [3.63, 3.8) is 0 Å². The molecule has 0 unspecified atom stereocenters. The SMILES string of the molecule is COc1ccccc1NC(=O)COc1ccc(/C=C/C(=O)c2nn(C)cc2Cl)cc1OC. The van der Waals surface area contributed by atoms with Crippen molar-refractivity contribution in [3.05, 3.63) is 71.0 Å². The number of para-hydroxylation sites is 2. The summed E-state index contributed by atoms with van der Waals surface area (Å²) in [4.78, 5) is 24.6. The van der Waals surface area contributed by atoms with Crippen LogP contribution < -0.4 is 19.5 Å². The molecule has 1 heterocycles. The van der Waals surface area contributed by atoms with Gasteiger partial charge in [0.05, 0.1) is 24.9 Å². The highest BCUT2D eigenvalue weighted by atomic mass is 35.5. The van der Waals surface area contributed by atoms with E-state index in [4.69, 9.17) is 25.8 Å². The first-order valence-corrected chi connectivity index (χ1v) is 9.94. The van der Waals surface area contributed by atoms with E-state index in [2.05, 4.69) is 10.4 Å². The highest BCUT2D eigenvalue weighted by molar-refractivity contribution is 6.34. The van der Waals surface area contributed by atoms with E-state index in [1.165, 1.54) is 25.0 Å². The molecule has 3 aromatic rings. The predicted molar refractivity (Wildman–Crippen MR) is 122 cm³/mol. The van der Waals surface area contributed by atoms with Crippen LogP contribution in [0.4, 0.5) is 5.69 Å². The van der Waals surface area contributed by atoms with Gasteiger partial charge in [-0.3, -0.25) is 14.3 Å². The van der Waals surface area contributed by atoms with Gasteiger partial charge in [0, 0.05) is 13.2 Å². The normalized spacial score (nSPS) is 10.8. The summed E-state index contributed by atoms with van der Waals surface area (Å²) < 4.78 is 17.7. The highest BCUT2D eigenvalue weighted by Gasteiger charge is 2.13. The number of carbonyl (C=O) groups excluding carboxylic acids is 2. The number of benzene rings is 2. The summed E-state index contributed by atoms with van der Waals surface area (Å²) in [7, 11) is 4.71. The monoisotopic (exact) mass is 455 g/mol. The summed E-state index contributed by atoms with van der Waals surface area (Å²) in [6.45, 7) is -0.222. The predicted octanol–water partition coefficient (Wildman–Crippen LogP) is 4.00. The van der Waals surface area contributed by atoms with Crippen molar-refractivity contribution in [1.82, 2.24) is 9.78 Å². The first kappa shape index (κ1) is 22.9. The second kappa shape index (κ2) is 10.5. The van der Waals surface area contributed by atoms with Gasteiger partial charge in [-0.15, -0.1) is 0 Å². The molecule has 0 fully saturated rings. The molecule has 166 valence electrons. The number of hydrogen-bond acceptors (Lipinski definition) is 6. The van der Waals surface area contributed by atoms with Crippen LogP contribution in [0.2, 0.25) is 5.02 Å². The fourth-order valence-electron chi connectivity index (χ4n) is 2.86. The van der Waals surface area contributed by atoms with Crippen LogP contribution in [0, 0.1) is 0 Å². The number of hydrogen-bond donors (Lipinski definition) is 1. The van der Waals surface area contributed by atoms with E-state index in [1.807, 2.05) is 6.07 Å². The third kappa shape index (κ3) is 5.67. The minimum atomic E-state index is -0.349. The zero-order valence-electron chi connectivity index (χ0n) is 17.8. The van der Waals surface area contributed by atoms with Gasteiger partial charge in [-0.1, -0.05) is 35.9 Å². The van der Waals surface area contributed by atoms with E-state index in [0.29, 0.717) is 28.5 Å². The molecule has 0 bridgehead atoms. The van der Waals surface area contributed by atoms with Crippen molar-refractivity contribution in [2.45, 2.75) is 0 Å². The van der Waals surface area contributed by atoms with Crippen molar-refractivity contribution in [3.8, 4) is 17.2 Å². The van der Waals surface area contributed by atoms with Crippen LogP contribution in [0.25, 0.3) is 6.08 Å². The summed E-state index contributed by atoms with van der Waals surface area (Å²) in [5.74, 6) is 0.692. The topological polar surface area (TPSA) is 91.7 Å². The lowest BCUT2D eigenvalue weighted by Crippen LogP contribution is -2.20. The molecule has 1 amide bonds. The highest BCUT2D eigenvalue weighted by Crippen LogP contribution is 2.29. The second-order valence-corrected chi connectivity index (χ2v) is 7.05. The first-order chi connectivity index (χ1) is 15.4. The molecule has 0 radical (unpaired) electrons. The molecule has 1 N–H and O–H groups in total. The average Bonchev–Trinajstić information content (AvgIpc) is 3.14. The number of ketones is 1. The molecule has 0 aliphatic carbocycles. The number of amides is 1. The smallest absolute Gasteiger partial charge is 0.262 e. The molecule has 0 saturated heterocycles. The quantitative estimate of drug-likeness (QED) is 0.387. The van der Waals surface area contributed by atoms with Crippen LogP contribution in [-0.4, -0.2) is 42.3 Å². The van der Waals surface area contributed by atoms with Crippen molar-refractivity contribution >= 4 is 35.1 Å². The van der Waals surface area contributed by atoms with E-state index in [0.717, 1.165) is 0 Å². The van der Waals surface area contributed by atoms with Crippen LogP contribution in [-0.2, 0) is 11.8 Å². The molecule has 32 heavy (non-hydrogen) atoms. The Hall–Kier alpha value is -3.78. The van der Waals surface area contributed by atoms with Crippen molar-refractivity contribution in [1.29, 1.82) is 0 Å². The Morgan fingerprint density at radius 1 is 1.09 bits per heavy atom. The van der Waals surface area contributed by atoms with Gasteiger partial charge in [-0.25, -0.2) is 0 Å². The number of rotatable bonds is 9. The maximum absolute atomic E-state index is 12.3. The average molecular weight is 456 g/mol. The van der Waals surface area contributed by atoms with Crippen LogP contribution in [0.15, 0.2) is 54.7 Å². The van der Waals surface area contributed by atoms with E-state index in [9.17, 15) is 9.59 Å². The number of carbonyl (C=O) groups is 2. The minimum absolute atomic E-state index is 0.179. The lowest BCUT2D eigenvalue weighted by Gasteiger charge is -2.12. The molecule has 0 aliphatic heterocycles. The third-order valence-corrected chi connectivity index (χ3v) is 4.65. The van der Waals surface area contributed by atoms with Gasteiger partial charge in [0.2, 0.25) is 5.78 Å². The summed E-state index contributed by atoms with van der Waals surface area (Å²) in [6, 6.07) is 12.2. The van der Waals surface area contributed by atoms with E-state index < -0.39 is 0 Å². The molecule has 3 rings (SSSR count). The largest absolute Gasteiger partial charge is 0.495 e. The number of aryl methyl sites for hydroxylation is 1. The number of aromatic nitrogens is 2. The molecule has 8 nitrogen and oxygen atoms in total. The Morgan fingerprint density at radius 3 is 2.53 bits per heavy atom. The molecule has 0 spiro atoms. The van der Waals surface area contributed by atoms with Crippen molar-refractivity contribution in [2.75, 3.05) is 26.1 Å². The van der Waals surface area contributed by atoms with Gasteiger partial charge in [0.1, 0.15) is 5.75 Å². The van der Waals surface area contributed by atoms with Gasteiger partial charge >= 0.3 is 0 Å². The Labute approximate surface area is 190 Å². The number of halogens is 1. The Kier molecular flexibility index (Phi) is 7.51. The number of anilines is 1. The van der Waals surface area contributed by atoms with Crippen molar-refractivity contribution < 1.29 is 23.8 Å². The number of nitrogens with one attached hydrogen (secondary N) is 1. The summed E-state index contributed by atoms with van der Waals surface area (Å²) in [6.07, 6.45) is 4.56. The molecular formula is C23H22ClN3O5. The first-order valence-electron chi connectivity index (χ1n) is 9.56. The zero-order valence-corrected chi connectivity index (χ0v) is 18.6. The zero-order chi connectivity index (χ0) is 23.1. The number of methoxy groups -OCH3 is 2. The molecule has 0 atom stereocenters. The molecule has 0 aliphatic rings. The Bertz CT molecular complexity index is 1160. The van der Waals surface area contributed by atoms with Gasteiger partial charge in [-0.05, 0) is 35.9 Å². The van der Waals surface area contributed by atoms with Crippen LogP contribution >= 0.6 is 11.6 Å². The van der Waals surface area contributed by atoms with Crippen LogP contribution in [0.3, 0.4) is 0 Å². The fourth-order valence-corrected chi connectivity index (χ4v) is 3.13. The van der Waals surface area contributed by atoms with Crippen molar-refractivity contribution in [2.24, 2.45) is 7.05 Å². The summed E-state index contributed by atoms with van der Waals surface area (Å²) >= 11 is 6.00. The lowest BCUT2D eigenvalue weighted by atomic mass is 10.1. The van der Waals surface area contributed by atoms with Gasteiger partial charge in [0.15, 0.2) is 23.8 Å². The third-order valence-electron chi connectivity index (χ3n) is 4.37. The second-order valence-electron chi connectivity index (χ2n) is 6.64. The number of nitrogens with zero attached hydrogens (tertiary/aromatic N) is 2. The molecule has 9 heteroatoms. The molecule has 0 saturated carbocycles. The fraction of sp³-hybridized carbons (Fsp3) is 0.174. The molecule has 1 aromatic heterocycles. The Balaban J connectivity index is 1.64. The summed E-state index contributed by atoms with van der Waals surface area (Å²) in [5, 5.41) is 7.07. The maximum atomic E-state index is 12.3. The van der Waals surface area contributed by atoms with Crippen LogP contribution in [0.5, 0.6) is 17.2 Å². The number of ether oxygens (including phenoxy) is 3. The lowest BCUT2D eigenvalue weighted by molar-refractivity contribution is -0.118.